The Kier molecular flexibility index (Phi) is 4.79. The molecule has 0 radical (unpaired) electrons. The Labute approximate surface area is 146 Å². The molecule has 6 nitrogen and oxygen atoms in total. The minimum absolute atomic E-state index is 0.0604. The van der Waals surface area contributed by atoms with Crippen molar-refractivity contribution in [3.05, 3.63) is 59.9 Å². The Hall–Kier alpha value is -3.15. The van der Waals surface area contributed by atoms with Gasteiger partial charge in [0.2, 0.25) is 0 Å². The van der Waals surface area contributed by atoms with Gasteiger partial charge in [0.25, 0.3) is 5.91 Å². The van der Waals surface area contributed by atoms with Crippen LogP contribution in [-0.4, -0.2) is 22.9 Å². The number of hydrogen-bond donors (Lipinski definition) is 3. The Balaban J connectivity index is 2.02. The molecule has 1 amide bonds. The Bertz CT molecular complexity index is 909. The molecule has 6 heteroatoms. The van der Waals surface area contributed by atoms with Gasteiger partial charge in [0.15, 0.2) is 0 Å². The van der Waals surface area contributed by atoms with Crippen LogP contribution in [0, 0.1) is 0 Å². The highest BCUT2D eigenvalue weighted by atomic mass is 16.1. The van der Waals surface area contributed by atoms with Crippen molar-refractivity contribution >= 4 is 28.3 Å². The second kappa shape index (κ2) is 7.17. The number of nitrogens with zero attached hydrogens (tertiary/aromatic N) is 2. The van der Waals surface area contributed by atoms with Crippen LogP contribution in [0.25, 0.3) is 10.9 Å². The lowest BCUT2D eigenvalue weighted by molar-refractivity contribution is 0.0964. The van der Waals surface area contributed by atoms with Gasteiger partial charge in [-0.15, -0.1) is 0 Å². The number of carbonyl (C=O) groups excluding carboxylic acids is 1. The lowest BCUT2D eigenvalue weighted by Crippen LogP contribution is -2.18. The van der Waals surface area contributed by atoms with E-state index in [1.54, 1.807) is 13.1 Å². The first-order valence-corrected chi connectivity index (χ1v) is 8.21. The Morgan fingerprint density at radius 3 is 2.72 bits per heavy atom. The molecule has 1 heterocycles. The lowest BCUT2D eigenvalue weighted by Gasteiger charge is -2.19. The van der Waals surface area contributed by atoms with Crippen LogP contribution in [-0.2, 0) is 0 Å². The molecule has 0 fully saturated rings. The third kappa shape index (κ3) is 3.38. The SMILES string of the molecule is CCC(Nc1ncnc2c(C(=O)NC)cccc12)c1cccc(N)c1. The first-order valence-electron chi connectivity index (χ1n) is 8.21. The second-order valence-corrected chi connectivity index (χ2v) is 5.78. The largest absolute Gasteiger partial charge is 0.399 e. The second-order valence-electron chi connectivity index (χ2n) is 5.78. The van der Waals surface area contributed by atoms with Gasteiger partial charge in [0, 0.05) is 18.1 Å². The molecule has 1 aromatic heterocycles. The Morgan fingerprint density at radius 1 is 1.20 bits per heavy atom. The summed E-state index contributed by atoms with van der Waals surface area (Å²) in [7, 11) is 1.61. The maximum atomic E-state index is 12.1. The van der Waals surface area contributed by atoms with Gasteiger partial charge in [-0.3, -0.25) is 4.79 Å². The van der Waals surface area contributed by atoms with Crippen molar-refractivity contribution in [3.8, 4) is 0 Å². The molecule has 0 saturated carbocycles. The van der Waals surface area contributed by atoms with Crippen LogP contribution in [0.2, 0.25) is 0 Å². The summed E-state index contributed by atoms with van der Waals surface area (Å²) < 4.78 is 0. The molecule has 3 aromatic rings. The van der Waals surface area contributed by atoms with Crippen LogP contribution in [0.5, 0.6) is 0 Å². The fourth-order valence-electron chi connectivity index (χ4n) is 2.88. The van der Waals surface area contributed by atoms with Crippen molar-refractivity contribution in [3.63, 3.8) is 0 Å². The smallest absolute Gasteiger partial charge is 0.253 e. The molecule has 2 aromatic carbocycles. The third-order valence-corrected chi connectivity index (χ3v) is 4.17. The molecule has 1 unspecified atom stereocenters. The topological polar surface area (TPSA) is 92.9 Å². The molecular weight excluding hydrogens is 314 g/mol. The zero-order chi connectivity index (χ0) is 17.8. The van der Waals surface area contributed by atoms with Gasteiger partial charge in [0.1, 0.15) is 12.1 Å². The number of nitrogens with two attached hydrogens (primary N) is 1. The minimum atomic E-state index is -0.168. The Morgan fingerprint density at radius 2 is 2.00 bits per heavy atom. The van der Waals surface area contributed by atoms with Crippen LogP contribution >= 0.6 is 0 Å². The molecule has 0 aliphatic carbocycles. The average molecular weight is 335 g/mol. The van der Waals surface area contributed by atoms with Crippen molar-refractivity contribution < 1.29 is 4.79 Å². The average Bonchev–Trinajstić information content (AvgIpc) is 2.65. The quantitative estimate of drug-likeness (QED) is 0.623. The molecule has 1 atom stereocenters. The number of nitrogen functional groups attached to an aromatic ring is 1. The number of rotatable bonds is 5. The van der Waals surface area contributed by atoms with Crippen molar-refractivity contribution in [1.29, 1.82) is 0 Å². The molecule has 0 spiro atoms. The first kappa shape index (κ1) is 16.7. The molecule has 0 aliphatic heterocycles. The number of aromatic nitrogens is 2. The minimum Gasteiger partial charge on any atom is -0.399 e. The van der Waals surface area contributed by atoms with Gasteiger partial charge in [-0.05, 0) is 36.2 Å². The molecule has 0 aliphatic rings. The van der Waals surface area contributed by atoms with E-state index in [4.69, 9.17) is 5.73 Å². The molecule has 25 heavy (non-hydrogen) atoms. The fourth-order valence-corrected chi connectivity index (χ4v) is 2.88. The number of amides is 1. The number of para-hydroxylation sites is 1. The van der Waals surface area contributed by atoms with Gasteiger partial charge in [-0.25, -0.2) is 9.97 Å². The first-order chi connectivity index (χ1) is 12.1. The van der Waals surface area contributed by atoms with Crippen LogP contribution in [0.3, 0.4) is 0 Å². The summed E-state index contributed by atoms with van der Waals surface area (Å²) in [6, 6.07) is 13.4. The van der Waals surface area contributed by atoms with Crippen LogP contribution < -0.4 is 16.4 Å². The molecule has 4 N–H and O–H groups in total. The van der Waals surface area contributed by atoms with Gasteiger partial charge in [-0.1, -0.05) is 25.1 Å². The highest BCUT2D eigenvalue weighted by molar-refractivity contribution is 6.07. The number of hydrogen-bond acceptors (Lipinski definition) is 5. The van der Waals surface area contributed by atoms with Gasteiger partial charge in [-0.2, -0.15) is 0 Å². The summed E-state index contributed by atoms with van der Waals surface area (Å²) in [5.41, 5.74) is 8.89. The standard InChI is InChI=1S/C19H21N5O/c1-3-16(12-6-4-7-13(20)10-12)24-18-14-8-5-9-15(19(25)21-2)17(14)22-11-23-18/h4-11,16H,3,20H2,1-2H3,(H,21,25)(H,22,23,24). The maximum absolute atomic E-state index is 12.1. The lowest BCUT2D eigenvalue weighted by atomic mass is 10.0. The number of benzene rings is 2. The van der Waals surface area contributed by atoms with Crippen molar-refractivity contribution in [1.82, 2.24) is 15.3 Å². The summed E-state index contributed by atoms with van der Waals surface area (Å²) in [4.78, 5) is 20.8. The predicted octanol–water partition coefficient (Wildman–Crippen LogP) is 3.13. The van der Waals surface area contributed by atoms with E-state index in [-0.39, 0.29) is 11.9 Å². The van der Waals surface area contributed by atoms with E-state index in [9.17, 15) is 4.79 Å². The number of nitrogens with one attached hydrogen (secondary N) is 2. The number of carbonyl (C=O) groups is 1. The molecule has 0 bridgehead atoms. The summed E-state index contributed by atoms with van der Waals surface area (Å²) in [5, 5.41) is 6.92. The van der Waals surface area contributed by atoms with E-state index in [0.29, 0.717) is 16.9 Å². The summed E-state index contributed by atoms with van der Waals surface area (Å²) in [5.74, 6) is 0.531. The van der Waals surface area contributed by atoms with E-state index in [2.05, 4.69) is 27.5 Å². The third-order valence-electron chi connectivity index (χ3n) is 4.17. The van der Waals surface area contributed by atoms with E-state index in [1.165, 1.54) is 6.33 Å². The molecular formula is C19H21N5O. The van der Waals surface area contributed by atoms with Gasteiger partial charge >= 0.3 is 0 Å². The number of anilines is 2. The molecule has 128 valence electrons. The highest BCUT2D eigenvalue weighted by Crippen LogP contribution is 2.28. The van der Waals surface area contributed by atoms with E-state index in [1.807, 2.05) is 36.4 Å². The van der Waals surface area contributed by atoms with Gasteiger partial charge < -0.3 is 16.4 Å². The summed E-state index contributed by atoms with van der Waals surface area (Å²) >= 11 is 0. The monoisotopic (exact) mass is 335 g/mol. The zero-order valence-electron chi connectivity index (χ0n) is 14.3. The van der Waals surface area contributed by atoms with E-state index < -0.39 is 0 Å². The van der Waals surface area contributed by atoms with Crippen molar-refractivity contribution in [2.75, 3.05) is 18.1 Å². The van der Waals surface area contributed by atoms with Crippen LogP contribution in [0.4, 0.5) is 11.5 Å². The van der Waals surface area contributed by atoms with Crippen molar-refractivity contribution in [2.45, 2.75) is 19.4 Å². The zero-order valence-corrected chi connectivity index (χ0v) is 14.3. The molecule has 0 saturated heterocycles. The van der Waals surface area contributed by atoms with Gasteiger partial charge in [0.05, 0.1) is 17.1 Å². The highest BCUT2D eigenvalue weighted by Gasteiger charge is 2.15. The fraction of sp³-hybridized carbons (Fsp3) is 0.211. The predicted molar refractivity (Wildman–Crippen MR) is 100 cm³/mol. The maximum Gasteiger partial charge on any atom is 0.253 e. The van der Waals surface area contributed by atoms with Crippen LogP contribution in [0.1, 0.15) is 35.3 Å². The molecule has 3 rings (SSSR count). The van der Waals surface area contributed by atoms with E-state index >= 15 is 0 Å². The van der Waals surface area contributed by atoms with Crippen LogP contribution in [0.15, 0.2) is 48.8 Å². The summed E-state index contributed by atoms with van der Waals surface area (Å²) in [6.45, 7) is 2.10. The van der Waals surface area contributed by atoms with E-state index in [0.717, 1.165) is 23.1 Å². The normalized spacial score (nSPS) is 11.9. The number of fused-ring (bicyclic) bond motifs is 1. The van der Waals surface area contributed by atoms with Crippen molar-refractivity contribution in [2.24, 2.45) is 0 Å². The summed E-state index contributed by atoms with van der Waals surface area (Å²) in [6.07, 6.45) is 2.34.